The zero-order valence-corrected chi connectivity index (χ0v) is 28.2. The van der Waals surface area contributed by atoms with Gasteiger partial charge in [0.2, 0.25) is 15.9 Å². The molecule has 2 amide bonds. The zero-order chi connectivity index (χ0) is 30.0. The Morgan fingerprint density at radius 1 is 1.07 bits per heavy atom. The van der Waals surface area contributed by atoms with Crippen LogP contribution in [-0.2, 0) is 19.6 Å². The van der Waals surface area contributed by atoms with Crippen molar-refractivity contribution >= 4 is 64.1 Å². The summed E-state index contributed by atoms with van der Waals surface area (Å²) < 4.78 is 30.3. The third kappa shape index (κ3) is 8.19. The highest BCUT2D eigenvalue weighted by Crippen LogP contribution is 2.44. The van der Waals surface area contributed by atoms with Gasteiger partial charge in [0.25, 0.3) is 0 Å². The van der Waals surface area contributed by atoms with Crippen LogP contribution in [0.2, 0.25) is 5.15 Å². The number of amides is 2. The number of halogens is 3. The minimum Gasteiger partial charge on any atom is -0.453 e. The van der Waals surface area contributed by atoms with Gasteiger partial charge in [-0.3, -0.25) is 10.1 Å². The van der Waals surface area contributed by atoms with Crippen molar-refractivity contribution in [2.45, 2.75) is 51.0 Å². The number of nitrogens with zero attached hydrogens (tertiary/aromatic N) is 3. The van der Waals surface area contributed by atoms with Gasteiger partial charge in [0.1, 0.15) is 16.7 Å². The summed E-state index contributed by atoms with van der Waals surface area (Å²) in [6, 6.07) is 6.90. The number of rotatable bonds is 7. The fourth-order valence-electron chi connectivity index (χ4n) is 6.87. The molecule has 5 rings (SSSR count). The topological polar surface area (TPSA) is 151 Å². The third-order valence-electron chi connectivity index (χ3n) is 9.36. The van der Waals surface area contributed by atoms with Crippen molar-refractivity contribution in [3.8, 4) is 11.3 Å². The van der Waals surface area contributed by atoms with E-state index in [1.807, 2.05) is 17.0 Å². The normalized spacial score (nSPS) is 24.7. The summed E-state index contributed by atoms with van der Waals surface area (Å²) in [5.74, 6) is 1.86. The number of piperidine rings is 1. The number of carbonyl (C=O) groups is 2. The number of hydrogen-bond acceptors (Lipinski definition) is 7. The van der Waals surface area contributed by atoms with Crippen LogP contribution in [0.5, 0.6) is 0 Å². The molecule has 44 heavy (non-hydrogen) atoms. The van der Waals surface area contributed by atoms with E-state index in [1.165, 1.54) is 13.4 Å². The summed E-state index contributed by atoms with van der Waals surface area (Å²) in [5.41, 5.74) is 7.84. The maximum absolute atomic E-state index is 14.0. The monoisotopic (exact) mass is 692 g/mol. The lowest BCUT2D eigenvalue weighted by Gasteiger charge is -2.34. The van der Waals surface area contributed by atoms with E-state index in [0.29, 0.717) is 60.4 Å². The Bertz CT molecular complexity index is 1380. The fourth-order valence-corrected chi connectivity index (χ4v) is 7.99. The summed E-state index contributed by atoms with van der Waals surface area (Å²) in [5, 5.41) is 3.02. The van der Waals surface area contributed by atoms with Crippen LogP contribution in [0.4, 0.5) is 10.5 Å². The second-order valence-electron chi connectivity index (χ2n) is 11.9. The van der Waals surface area contributed by atoms with E-state index in [1.54, 1.807) is 16.4 Å². The molecule has 1 aliphatic carbocycles. The molecule has 3 fully saturated rings. The van der Waals surface area contributed by atoms with Gasteiger partial charge in [-0.2, -0.15) is 0 Å². The van der Waals surface area contributed by atoms with Gasteiger partial charge in [-0.25, -0.2) is 22.5 Å². The molecule has 2 aliphatic heterocycles. The first kappa shape index (κ1) is 36.4. The van der Waals surface area contributed by atoms with E-state index in [9.17, 15) is 18.0 Å². The molecular formula is C29H43Cl3N6O5S. The number of hydrogen-bond donors (Lipinski definition) is 3. The number of H-pyrrole nitrogens is 1. The summed E-state index contributed by atoms with van der Waals surface area (Å²) >= 11 is 6.67. The van der Waals surface area contributed by atoms with Crippen molar-refractivity contribution in [3.05, 3.63) is 35.2 Å². The second-order valence-corrected chi connectivity index (χ2v) is 14.3. The van der Waals surface area contributed by atoms with Crippen LogP contribution in [0.3, 0.4) is 0 Å². The van der Waals surface area contributed by atoms with Gasteiger partial charge >= 0.3 is 6.09 Å². The van der Waals surface area contributed by atoms with Gasteiger partial charge in [-0.1, -0.05) is 23.7 Å². The Morgan fingerprint density at radius 2 is 1.70 bits per heavy atom. The Hall–Kier alpha value is -2.09. The summed E-state index contributed by atoms with van der Waals surface area (Å²) in [6.45, 7) is 2.32. The number of methoxy groups -OCH3 is 1. The highest BCUT2D eigenvalue weighted by atomic mass is 35.5. The number of aromatic nitrogens is 2. The number of anilines is 1. The van der Waals surface area contributed by atoms with E-state index in [4.69, 9.17) is 22.3 Å². The highest BCUT2D eigenvalue weighted by Gasteiger charge is 2.44. The van der Waals surface area contributed by atoms with E-state index < -0.39 is 16.1 Å². The van der Waals surface area contributed by atoms with Crippen molar-refractivity contribution in [1.29, 1.82) is 0 Å². The molecule has 4 N–H and O–H groups in total. The second kappa shape index (κ2) is 15.5. The number of sulfonamides is 1. The number of benzene rings is 1. The van der Waals surface area contributed by atoms with Gasteiger partial charge in [0, 0.05) is 36.8 Å². The van der Waals surface area contributed by atoms with Crippen molar-refractivity contribution in [2.75, 3.05) is 44.9 Å². The van der Waals surface area contributed by atoms with Gasteiger partial charge in [0.05, 0.1) is 19.4 Å². The lowest BCUT2D eigenvalue weighted by atomic mass is 9.81. The first-order valence-electron chi connectivity index (χ1n) is 14.7. The predicted octanol–water partition coefficient (Wildman–Crippen LogP) is 5.08. The number of aromatic amines is 1. The molecule has 0 radical (unpaired) electrons. The van der Waals surface area contributed by atoms with E-state index in [0.717, 1.165) is 50.5 Å². The maximum atomic E-state index is 14.0. The smallest absolute Gasteiger partial charge is 0.411 e. The molecular weight excluding hydrogens is 651 g/mol. The van der Waals surface area contributed by atoms with Crippen LogP contribution in [0.25, 0.3) is 11.3 Å². The zero-order valence-electron chi connectivity index (χ0n) is 25.0. The fraction of sp³-hybridized carbons (Fsp3) is 0.621. The molecule has 0 unspecified atom stereocenters. The average Bonchev–Trinajstić information content (AvgIpc) is 3.61. The molecule has 3 aliphatic rings. The number of carbonyl (C=O) groups excluding carboxylic acids is 2. The molecule has 1 saturated carbocycles. The van der Waals surface area contributed by atoms with Crippen molar-refractivity contribution in [2.24, 2.45) is 29.4 Å². The molecule has 0 bridgehead atoms. The molecule has 2 aromatic rings. The first-order valence-corrected chi connectivity index (χ1v) is 17.0. The minimum absolute atomic E-state index is 0. The minimum atomic E-state index is -3.21. The summed E-state index contributed by atoms with van der Waals surface area (Å²) in [4.78, 5) is 35.7. The molecule has 0 spiro atoms. The van der Waals surface area contributed by atoms with Gasteiger partial charge < -0.3 is 20.4 Å². The van der Waals surface area contributed by atoms with E-state index in [2.05, 4.69) is 15.0 Å². The predicted molar refractivity (Wildman–Crippen MR) is 176 cm³/mol. The van der Waals surface area contributed by atoms with Gasteiger partial charge in [-0.15, -0.1) is 24.8 Å². The summed E-state index contributed by atoms with van der Waals surface area (Å²) in [6.07, 6.45) is 6.65. The Balaban J connectivity index is 0.00000264. The van der Waals surface area contributed by atoms with Crippen LogP contribution in [-0.4, -0.2) is 79.1 Å². The molecule has 3 heterocycles. The molecule has 2 atom stereocenters. The molecule has 2 saturated heterocycles. The highest BCUT2D eigenvalue weighted by molar-refractivity contribution is 7.88. The average molecular weight is 694 g/mol. The van der Waals surface area contributed by atoms with Crippen LogP contribution < -0.4 is 11.1 Å². The summed E-state index contributed by atoms with van der Waals surface area (Å²) in [7, 11) is -1.90. The SMILES string of the molecule is COC(=O)Nc1ccc(-c2nc([C@@H]3C[C@H](C4CCN(S(C)(=O)=O)CC4)CN3C(=O)C3CCC(CN)CC3)[nH]c2Cl)cc1.Cl.Cl. The number of imidazole rings is 1. The van der Waals surface area contributed by atoms with E-state index in [-0.39, 0.29) is 48.6 Å². The Labute approximate surface area is 276 Å². The first-order chi connectivity index (χ1) is 20.1. The molecule has 11 nitrogen and oxygen atoms in total. The standard InChI is InChI=1S/C29H41ClN6O5S.2ClH/c1-41-29(38)32-23-9-7-20(8-10-23)25-26(30)34-27(33-25)24-15-22(19-11-13-35(14-12-19)42(2,39)40)17-36(24)28(37)21-5-3-18(16-31)4-6-21;;/h7-10,18-19,21-22,24H,3-6,11-17,31H2,1-2H3,(H,32,38)(H,33,34);2*1H/t18?,21?,22-,24-;;/m0../s1. The lowest BCUT2D eigenvalue weighted by Crippen LogP contribution is -2.41. The van der Waals surface area contributed by atoms with Crippen molar-refractivity contribution in [3.63, 3.8) is 0 Å². The largest absolute Gasteiger partial charge is 0.453 e. The Kier molecular flexibility index (Phi) is 12.8. The van der Waals surface area contributed by atoms with Crippen LogP contribution in [0, 0.1) is 23.7 Å². The molecule has 1 aromatic heterocycles. The number of nitrogens with one attached hydrogen (secondary N) is 2. The van der Waals surface area contributed by atoms with Gasteiger partial charge in [-0.05, 0) is 81.4 Å². The molecule has 15 heteroatoms. The molecule has 246 valence electrons. The van der Waals surface area contributed by atoms with Crippen LogP contribution >= 0.6 is 36.4 Å². The van der Waals surface area contributed by atoms with E-state index >= 15 is 0 Å². The number of nitrogens with two attached hydrogens (primary N) is 1. The molecule has 1 aromatic carbocycles. The van der Waals surface area contributed by atoms with Crippen LogP contribution in [0.1, 0.15) is 56.8 Å². The lowest BCUT2D eigenvalue weighted by molar-refractivity contribution is -0.138. The Morgan fingerprint density at radius 3 is 2.27 bits per heavy atom. The third-order valence-corrected chi connectivity index (χ3v) is 10.9. The van der Waals surface area contributed by atoms with Crippen molar-refractivity contribution < 1.29 is 22.7 Å². The van der Waals surface area contributed by atoms with Gasteiger partial charge in [0.15, 0.2) is 0 Å². The number of ether oxygens (including phenoxy) is 1. The quantitative estimate of drug-likeness (QED) is 0.366. The number of likely N-dealkylation sites (tertiary alicyclic amines) is 1. The maximum Gasteiger partial charge on any atom is 0.411 e. The van der Waals surface area contributed by atoms with Crippen LogP contribution in [0.15, 0.2) is 24.3 Å². The van der Waals surface area contributed by atoms with Crippen molar-refractivity contribution in [1.82, 2.24) is 19.2 Å².